The summed E-state index contributed by atoms with van der Waals surface area (Å²) in [5, 5.41) is 6.56. The van der Waals surface area contributed by atoms with Gasteiger partial charge in [0.05, 0.1) is 12.4 Å². The van der Waals surface area contributed by atoms with Crippen LogP contribution in [0, 0.1) is 0 Å². The van der Waals surface area contributed by atoms with Gasteiger partial charge in [-0.3, -0.25) is 4.99 Å². The summed E-state index contributed by atoms with van der Waals surface area (Å²) in [6.45, 7) is 0.823. The summed E-state index contributed by atoms with van der Waals surface area (Å²) in [7, 11) is 0. The molecule has 26 heavy (non-hydrogen) atoms. The van der Waals surface area contributed by atoms with E-state index in [1.165, 1.54) is 22.3 Å². The predicted octanol–water partition coefficient (Wildman–Crippen LogP) is 3.90. The fraction of sp³-hybridized carbons (Fsp3) is 0.174. The molecule has 0 spiro atoms. The maximum atomic E-state index is 4.45. The van der Waals surface area contributed by atoms with Crippen molar-refractivity contribution in [1.82, 2.24) is 10.6 Å². The minimum absolute atomic E-state index is 0.126. The highest BCUT2D eigenvalue weighted by molar-refractivity contribution is 5.61. The van der Waals surface area contributed by atoms with Crippen molar-refractivity contribution in [2.24, 2.45) is 4.99 Å². The molecule has 1 atom stereocenters. The van der Waals surface area contributed by atoms with Crippen LogP contribution in [-0.2, 0) is 19.4 Å². The van der Waals surface area contributed by atoms with Crippen LogP contribution in [0.1, 0.15) is 16.7 Å². The van der Waals surface area contributed by atoms with Crippen LogP contribution >= 0.6 is 0 Å². The zero-order chi connectivity index (χ0) is 17.6. The first-order valence-electron chi connectivity index (χ1n) is 9.10. The molecular formula is C23H23N3. The Balaban J connectivity index is 1.35. The Morgan fingerprint density at radius 2 is 1.69 bits per heavy atom. The van der Waals surface area contributed by atoms with Gasteiger partial charge in [0.15, 0.2) is 0 Å². The van der Waals surface area contributed by atoms with E-state index in [1.807, 2.05) is 6.20 Å². The van der Waals surface area contributed by atoms with E-state index in [0.29, 0.717) is 0 Å². The number of rotatable bonds is 6. The third-order valence-electron chi connectivity index (χ3n) is 4.73. The maximum absolute atomic E-state index is 4.45. The first-order chi connectivity index (χ1) is 12.9. The Kier molecular flexibility index (Phi) is 4.97. The largest absolute Gasteiger partial charge is 0.381 e. The number of aryl methyl sites for hydroxylation is 2. The molecule has 0 amide bonds. The second-order valence-electron chi connectivity index (χ2n) is 6.65. The molecule has 1 unspecified atom stereocenters. The van der Waals surface area contributed by atoms with Crippen molar-refractivity contribution in [3.05, 3.63) is 107 Å². The highest BCUT2D eigenvalue weighted by Crippen LogP contribution is 2.19. The molecule has 130 valence electrons. The quantitative estimate of drug-likeness (QED) is 0.836. The van der Waals surface area contributed by atoms with Crippen LogP contribution in [-0.4, -0.2) is 12.4 Å². The summed E-state index contributed by atoms with van der Waals surface area (Å²) in [6, 6.07) is 19.6. The molecule has 0 aromatic heterocycles. The zero-order valence-corrected chi connectivity index (χ0v) is 14.7. The fourth-order valence-corrected chi connectivity index (χ4v) is 3.28. The van der Waals surface area contributed by atoms with Gasteiger partial charge >= 0.3 is 0 Å². The van der Waals surface area contributed by atoms with E-state index in [4.69, 9.17) is 0 Å². The van der Waals surface area contributed by atoms with Crippen LogP contribution < -0.4 is 10.6 Å². The van der Waals surface area contributed by atoms with Crippen LogP contribution in [0.2, 0.25) is 0 Å². The van der Waals surface area contributed by atoms with Crippen molar-refractivity contribution in [2.45, 2.75) is 25.4 Å². The standard InChI is InChI=1S/C23H23N3/c1-2-5-18(6-3-1)9-10-19-7-4-8-20(13-19)15-25-22-12-11-21-16-24-17-26-23(21)14-22/h1-8,11-14,16-17,23,25H,9-10,15H2,(H,24,26). The van der Waals surface area contributed by atoms with Crippen LogP contribution in [0.3, 0.4) is 0 Å². The van der Waals surface area contributed by atoms with Gasteiger partial charge in [0.2, 0.25) is 0 Å². The monoisotopic (exact) mass is 341 g/mol. The summed E-state index contributed by atoms with van der Waals surface area (Å²) in [5.74, 6) is 0. The number of fused-ring (bicyclic) bond motifs is 1. The van der Waals surface area contributed by atoms with Crippen LogP contribution in [0.25, 0.3) is 0 Å². The first-order valence-corrected chi connectivity index (χ1v) is 9.10. The molecule has 0 saturated heterocycles. The van der Waals surface area contributed by atoms with E-state index in [1.54, 1.807) is 6.34 Å². The minimum Gasteiger partial charge on any atom is -0.381 e. The summed E-state index contributed by atoms with van der Waals surface area (Å²) >= 11 is 0. The van der Waals surface area contributed by atoms with E-state index in [2.05, 4.69) is 88.5 Å². The lowest BCUT2D eigenvalue weighted by Gasteiger charge is -2.20. The number of hydrogen-bond acceptors (Lipinski definition) is 3. The SMILES string of the molecule is C1=CC2=CNC=NC2C=C1NCc1cccc(CCc2ccccc2)c1. The lowest BCUT2D eigenvalue weighted by Crippen LogP contribution is -2.22. The minimum atomic E-state index is 0.126. The van der Waals surface area contributed by atoms with E-state index < -0.39 is 0 Å². The number of nitrogens with one attached hydrogen (secondary N) is 2. The lowest BCUT2D eigenvalue weighted by molar-refractivity contribution is 0.802. The van der Waals surface area contributed by atoms with Crippen molar-refractivity contribution >= 4 is 6.34 Å². The lowest BCUT2D eigenvalue weighted by atomic mass is 10.0. The molecule has 3 nitrogen and oxygen atoms in total. The molecule has 1 aliphatic carbocycles. The molecule has 2 N–H and O–H groups in total. The van der Waals surface area contributed by atoms with Gasteiger partial charge in [0.1, 0.15) is 0 Å². The molecular weight excluding hydrogens is 318 g/mol. The second-order valence-corrected chi connectivity index (χ2v) is 6.65. The summed E-state index contributed by atoms with van der Waals surface area (Å²) < 4.78 is 0. The van der Waals surface area contributed by atoms with Gasteiger partial charge in [-0.25, -0.2) is 0 Å². The highest BCUT2D eigenvalue weighted by Gasteiger charge is 2.14. The Morgan fingerprint density at radius 1 is 0.885 bits per heavy atom. The van der Waals surface area contributed by atoms with Gasteiger partial charge in [-0.1, -0.05) is 60.7 Å². The zero-order valence-electron chi connectivity index (χ0n) is 14.7. The average Bonchev–Trinajstić information content (AvgIpc) is 2.72. The smallest absolute Gasteiger partial charge is 0.0984 e. The molecule has 2 aliphatic rings. The van der Waals surface area contributed by atoms with Crippen LogP contribution in [0.15, 0.2) is 95.3 Å². The fourth-order valence-electron chi connectivity index (χ4n) is 3.28. The summed E-state index contributed by atoms with van der Waals surface area (Å²) in [6.07, 6.45) is 12.3. The first kappa shape index (κ1) is 16.4. The van der Waals surface area contributed by atoms with Crippen LogP contribution in [0.4, 0.5) is 0 Å². The van der Waals surface area contributed by atoms with E-state index in [-0.39, 0.29) is 6.04 Å². The maximum Gasteiger partial charge on any atom is 0.0984 e. The Morgan fingerprint density at radius 3 is 2.62 bits per heavy atom. The van der Waals surface area contributed by atoms with Crippen molar-refractivity contribution in [1.29, 1.82) is 0 Å². The van der Waals surface area contributed by atoms with Gasteiger partial charge in [0, 0.05) is 18.4 Å². The molecule has 0 radical (unpaired) electrons. The topological polar surface area (TPSA) is 36.4 Å². The Hall–Kier alpha value is -3.07. The summed E-state index contributed by atoms with van der Waals surface area (Å²) in [4.78, 5) is 4.45. The predicted molar refractivity (Wildman–Crippen MR) is 108 cm³/mol. The molecule has 0 fully saturated rings. The second kappa shape index (κ2) is 7.87. The average molecular weight is 341 g/mol. The molecule has 2 aromatic carbocycles. The van der Waals surface area contributed by atoms with Gasteiger partial charge in [-0.2, -0.15) is 0 Å². The van der Waals surface area contributed by atoms with E-state index >= 15 is 0 Å². The van der Waals surface area contributed by atoms with Crippen molar-refractivity contribution in [2.75, 3.05) is 0 Å². The molecule has 4 rings (SSSR count). The van der Waals surface area contributed by atoms with Crippen molar-refractivity contribution in [3.8, 4) is 0 Å². The normalized spacial score (nSPS) is 17.8. The Bertz CT molecular complexity index is 875. The van der Waals surface area contributed by atoms with Gasteiger partial charge in [0.25, 0.3) is 0 Å². The molecule has 3 heteroatoms. The number of benzene rings is 2. The number of aliphatic imine (C=N–C) groups is 1. The third kappa shape index (κ3) is 4.12. The molecule has 0 saturated carbocycles. The van der Waals surface area contributed by atoms with Gasteiger partial charge in [-0.15, -0.1) is 0 Å². The Labute approximate surface area is 154 Å². The van der Waals surface area contributed by atoms with Crippen LogP contribution in [0.5, 0.6) is 0 Å². The number of allylic oxidation sites excluding steroid dienone is 1. The van der Waals surface area contributed by atoms with Crippen molar-refractivity contribution in [3.63, 3.8) is 0 Å². The van der Waals surface area contributed by atoms with E-state index in [9.17, 15) is 0 Å². The van der Waals surface area contributed by atoms with E-state index in [0.717, 1.165) is 25.1 Å². The molecule has 0 bridgehead atoms. The molecule has 2 aromatic rings. The molecule has 1 heterocycles. The van der Waals surface area contributed by atoms with Gasteiger partial charge in [-0.05, 0) is 47.3 Å². The van der Waals surface area contributed by atoms with Crippen molar-refractivity contribution < 1.29 is 0 Å². The number of hydrogen-bond donors (Lipinski definition) is 2. The number of nitrogens with zero attached hydrogens (tertiary/aromatic N) is 1. The highest BCUT2D eigenvalue weighted by atomic mass is 15.0. The van der Waals surface area contributed by atoms with Gasteiger partial charge < -0.3 is 10.6 Å². The molecule has 1 aliphatic heterocycles. The summed E-state index contributed by atoms with van der Waals surface area (Å²) in [5.41, 5.74) is 6.40. The third-order valence-corrected chi connectivity index (χ3v) is 4.73.